The number of hydrogen-bond donors (Lipinski definition) is 1. The summed E-state index contributed by atoms with van der Waals surface area (Å²) in [7, 11) is 1.64. The molecular formula is C5H13NOS. The molecule has 2 nitrogen and oxygen atoms in total. The van der Waals surface area contributed by atoms with Crippen LogP contribution in [0.5, 0.6) is 0 Å². The Bertz CT molecular complexity index is 37.4. The second kappa shape index (κ2) is 7.27. The average molecular weight is 135 g/mol. The molecule has 0 saturated carbocycles. The lowest BCUT2D eigenvalue weighted by Gasteiger charge is -1.97. The highest BCUT2D eigenvalue weighted by atomic mass is 32.2. The van der Waals surface area contributed by atoms with E-state index in [0.717, 1.165) is 12.3 Å². The zero-order valence-corrected chi connectivity index (χ0v) is 6.25. The summed E-state index contributed by atoms with van der Waals surface area (Å²) in [5.41, 5.74) is 2.76. The molecule has 0 aromatic carbocycles. The van der Waals surface area contributed by atoms with E-state index in [2.05, 4.69) is 17.2 Å². The van der Waals surface area contributed by atoms with Gasteiger partial charge >= 0.3 is 0 Å². The van der Waals surface area contributed by atoms with Crippen molar-refractivity contribution in [3.63, 3.8) is 0 Å². The molecule has 8 heavy (non-hydrogen) atoms. The largest absolute Gasteiger partial charge is 0.305 e. The molecule has 0 aromatic heterocycles. The minimum atomic E-state index is 0.939. The molecule has 0 radical (unpaired) electrons. The molecule has 1 N–H and O–H groups in total. The van der Waals surface area contributed by atoms with Crippen LogP contribution in [0.2, 0.25) is 0 Å². The van der Waals surface area contributed by atoms with Crippen molar-refractivity contribution < 1.29 is 4.84 Å². The third-order valence-electron chi connectivity index (χ3n) is 0.697. The lowest BCUT2D eigenvalue weighted by molar-refractivity contribution is 0.0970. The first-order valence-electron chi connectivity index (χ1n) is 2.75. The molecule has 0 bridgehead atoms. The fraction of sp³-hybridized carbons (Fsp3) is 1.00. The number of rotatable bonds is 5. The molecule has 0 aliphatic carbocycles. The van der Waals surface area contributed by atoms with E-state index in [9.17, 15) is 0 Å². The van der Waals surface area contributed by atoms with Crippen molar-refractivity contribution in [3.05, 3.63) is 0 Å². The molecule has 0 heterocycles. The normalized spacial score (nSPS) is 9.75. The zero-order chi connectivity index (χ0) is 6.24. The van der Waals surface area contributed by atoms with Crippen molar-refractivity contribution in [2.45, 2.75) is 6.92 Å². The molecule has 0 saturated heterocycles. The molecule has 0 aromatic rings. The summed E-state index contributed by atoms with van der Waals surface area (Å²) in [4.78, 5) is 4.63. The highest BCUT2D eigenvalue weighted by Gasteiger charge is 1.81. The van der Waals surface area contributed by atoms with Gasteiger partial charge in [0.2, 0.25) is 0 Å². The van der Waals surface area contributed by atoms with Crippen LogP contribution in [0.4, 0.5) is 0 Å². The van der Waals surface area contributed by atoms with Gasteiger partial charge in [0.15, 0.2) is 0 Å². The van der Waals surface area contributed by atoms with Crippen molar-refractivity contribution in [3.8, 4) is 0 Å². The zero-order valence-electron chi connectivity index (χ0n) is 5.44. The van der Waals surface area contributed by atoms with Gasteiger partial charge in [-0.3, -0.25) is 0 Å². The van der Waals surface area contributed by atoms with Crippen LogP contribution < -0.4 is 5.48 Å². The number of hydrogen-bond acceptors (Lipinski definition) is 3. The maximum absolute atomic E-state index is 4.63. The Labute approximate surface area is 54.9 Å². The van der Waals surface area contributed by atoms with Gasteiger partial charge in [-0.1, -0.05) is 6.92 Å². The Kier molecular flexibility index (Phi) is 7.52. The minimum Gasteiger partial charge on any atom is -0.305 e. The number of nitrogens with one attached hydrogen (secondary N) is 1. The maximum Gasteiger partial charge on any atom is 0.0572 e. The first kappa shape index (κ1) is 8.27. The second-order valence-corrected chi connectivity index (χ2v) is 2.69. The van der Waals surface area contributed by atoms with Gasteiger partial charge < -0.3 is 4.84 Å². The van der Waals surface area contributed by atoms with Crippen LogP contribution in [0.1, 0.15) is 6.92 Å². The van der Waals surface area contributed by atoms with Gasteiger partial charge in [0.05, 0.1) is 7.11 Å². The van der Waals surface area contributed by atoms with Gasteiger partial charge in [0.1, 0.15) is 0 Å². The molecule has 0 spiro atoms. The van der Waals surface area contributed by atoms with Crippen molar-refractivity contribution >= 4 is 11.8 Å². The molecule has 0 amide bonds. The summed E-state index contributed by atoms with van der Waals surface area (Å²) in [6, 6.07) is 0. The predicted molar refractivity (Wildman–Crippen MR) is 38.0 cm³/mol. The summed E-state index contributed by atoms with van der Waals surface area (Å²) < 4.78 is 0. The minimum absolute atomic E-state index is 0.939. The quantitative estimate of drug-likeness (QED) is 0.447. The van der Waals surface area contributed by atoms with Crippen LogP contribution in [0.3, 0.4) is 0 Å². The van der Waals surface area contributed by atoms with E-state index < -0.39 is 0 Å². The van der Waals surface area contributed by atoms with E-state index in [1.54, 1.807) is 7.11 Å². The van der Waals surface area contributed by atoms with Gasteiger partial charge in [-0.05, 0) is 5.75 Å². The van der Waals surface area contributed by atoms with E-state index in [1.807, 2.05) is 11.8 Å². The summed E-state index contributed by atoms with van der Waals surface area (Å²) in [6.07, 6.45) is 0. The average Bonchev–Trinajstić information content (AvgIpc) is 1.81. The van der Waals surface area contributed by atoms with Crippen LogP contribution in [0.15, 0.2) is 0 Å². The van der Waals surface area contributed by atoms with Crippen LogP contribution in [-0.2, 0) is 4.84 Å². The Morgan fingerprint density at radius 2 is 2.38 bits per heavy atom. The molecule has 0 aliphatic rings. The first-order chi connectivity index (χ1) is 3.91. The SMILES string of the molecule is CCSCCNOC. The molecule has 0 atom stereocenters. The van der Waals surface area contributed by atoms with Crippen LogP contribution in [0, 0.1) is 0 Å². The van der Waals surface area contributed by atoms with Crippen molar-refractivity contribution in [2.75, 3.05) is 25.2 Å². The smallest absolute Gasteiger partial charge is 0.0572 e. The molecule has 0 unspecified atom stereocenters. The van der Waals surface area contributed by atoms with E-state index in [0.29, 0.717) is 0 Å². The second-order valence-electron chi connectivity index (χ2n) is 1.30. The third kappa shape index (κ3) is 6.27. The molecule has 3 heteroatoms. The van der Waals surface area contributed by atoms with E-state index >= 15 is 0 Å². The summed E-state index contributed by atoms with van der Waals surface area (Å²) >= 11 is 1.91. The Hall–Kier alpha value is 0.270. The molecule has 50 valence electrons. The number of hydroxylamine groups is 1. The van der Waals surface area contributed by atoms with Gasteiger partial charge in [-0.15, -0.1) is 0 Å². The molecule has 0 rings (SSSR count). The van der Waals surface area contributed by atoms with E-state index in [1.165, 1.54) is 5.75 Å². The predicted octanol–water partition coefficient (Wildman–Crippen LogP) is 0.890. The molecule has 0 fully saturated rings. The molecular weight excluding hydrogens is 122 g/mol. The lowest BCUT2D eigenvalue weighted by Crippen LogP contribution is -2.14. The highest BCUT2D eigenvalue weighted by Crippen LogP contribution is 1.94. The summed E-state index contributed by atoms with van der Waals surface area (Å²) in [5, 5.41) is 0. The third-order valence-corrected chi connectivity index (χ3v) is 1.60. The van der Waals surface area contributed by atoms with Crippen molar-refractivity contribution in [1.29, 1.82) is 0 Å². The fourth-order valence-corrected chi connectivity index (χ4v) is 0.877. The molecule has 0 aliphatic heterocycles. The Balaban J connectivity index is 2.53. The Morgan fingerprint density at radius 1 is 1.62 bits per heavy atom. The van der Waals surface area contributed by atoms with Gasteiger partial charge in [-0.2, -0.15) is 11.8 Å². The van der Waals surface area contributed by atoms with Crippen LogP contribution in [-0.4, -0.2) is 25.2 Å². The van der Waals surface area contributed by atoms with E-state index in [-0.39, 0.29) is 0 Å². The van der Waals surface area contributed by atoms with Crippen LogP contribution >= 0.6 is 11.8 Å². The monoisotopic (exact) mass is 135 g/mol. The summed E-state index contributed by atoms with van der Waals surface area (Å²) in [5.74, 6) is 2.32. The van der Waals surface area contributed by atoms with Gasteiger partial charge in [-0.25, -0.2) is 5.48 Å². The lowest BCUT2D eigenvalue weighted by atomic mass is 10.8. The summed E-state index contributed by atoms with van der Waals surface area (Å²) in [6.45, 7) is 3.09. The van der Waals surface area contributed by atoms with E-state index in [4.69, 9.17) is 0 Å². The van der Waals surface area contributed by atoms with Gasteiger partial charge in [0.25, 0.3) is 0 Å². The maximum atomic E-state index is 4.63. The highest BCUT2D eigenvalue weighted by molar-refractivity contribution is 7.99. The first-order valence-corrected chi connectivity index (χ1v) is 3.91. The fourth-order valence-electron chi connectivity index (χ4n) is 0.360. The topological polar surface area (TPSA) is 21.3 Å². The van der Waals surface area contributed by atoms with Crippen molar-refractivity contribution in [2.24, 2.45) is 0 Å². The Morgan fingerprint density at radius 3 is 2.88 bits per heavy atom. The number of thioether (sulfide) groups is 1. The van der Waals surface area contributed by atoms with Crippen LogP contribution in [0.25, 0.3) is 0 Å². The van der Waals surface area contributed by atoms with Gasteiger partial charge in [0, 0.05) is 12.3 Å². The standard InChI is InChI=1S/C5H13NOS/c1-3-8-5-4-6-7-2/h6H,3-5H2,1-2H3. The van der Waals surface area contributed by atoms with Crippen molar-refractivity contribution in [1.82, 2.24) is 5.48 Å².